The second-order valence-electron chi connectivity index (χ2n) is 2.91. The Kier molecular flexibility index (Phi) is 2.46. The second-order valence-corrected chi connectivity index (χ2v) is 2.91. The van der Waals surface area contributed by atoms with E-state index < -0.39 is 0 Å². The third-order valence-electron chi connectivity index (χ3n) is 1.98. The molecule has 1 nitrogen and oxygen atoms in total. The lowest BCUT2D eigenvalue weighted by Gasteiger charge is -2.25. The Morgan fingerprint density at radius 2 is 2.33 bits per heavy atom. The van der Waals surface area contributed by atoms with Crippen LogP contribution in [0.2, 0.25) is 0 Å². The Labute approximate surface area is 55.6 Å². The Bertz CT molecular complexity index is 77.0. The number of rotatable bonds is 1. The molecule has 1 rings (SSSR count). The van der Waals surface area contributed by atoms with E-state index in [9.17, 15) is 4.39 Å². The van der Waals surface area contributed by atoms with Crippen LogP contribution in [0.4, 0.5) is 4.39 Å². The Hall–Kier alpha value is -0.110. The monoisotopic (exact) mass is 131 g/mol. The lowest BCUT2D eigenvalue weighted by molar-refractivity contribution is 0.266. The number of hydrogen-bond acceptors (Lipinski definition) is 1. The van der Waals surface area contributed by atoms with Crippen molar-refractivity contribution in [3.8, 4) is 0 Å². The molecule has 1 saturated heterocycles. The molecular formula is C7H14FN. The topological polar surface area (TPSA) is 12.0 Å². The van der Waals surface area contributed by atoms with Gasteiger partial charge in [0.1, 0.15) is 0 Å². The van der Waals surface area contributed by atoms with Gasteiger partial charge in [-0.3, -0.25) is 4.39 Å². The molecule has 1 aliphatic heterocycles. The molecule has 0 saturated carbocycles. The molecule has 1 aliphatic rings. The van der Waals surface area contributed by atoms with E-state index in [1.54, 1.807) is 0 Å². The predicted octanol–water partition coefficient (Wildman–Crippen LogP) is 1.34. The molecule has 2 atom stereocenters. The average molecular weight is 131 g/mol. The molecule has 1 heterocycles. The summed E-state index contributed by atoms with van der Waals surface area (Å²) in [6, 6.07) is 0.604. The van der Waals surface area contributed by atoms with Crippen molar-refractivity contribution in [3.05, 3.63) is 0 Å². The molecule has 0 aromatic heterocycles. The highest BCUT2D eigenvalue weighted by Crippen LogP contribution is 2.13. The van der Waals surface area contributed by atoms with Crippen molar-refractivity contribution in [1.29, 1.82) is 0 Å². The van der Waals surface area contributed by atoms with E-state index >= 15 is 0 Å². The average Bonchev–Trinajstić information content (AvgIpc) is 1.90. The number of halogens is 1. The molecule has 0 aliphatic carbocycles. The molecular weight excluding hydrogens is 117 g/mol. The van der Waals surface area contributed by atoms with Crippen molar-refractivity contribution in [1.82, 2.24) is 5.32 Å². The maximum Gasteiger partial charge on any atom is 0.0934 e. The lowest BCUT2D eigenvalue weighted by atomic mass is 9.97. The van der Waals surface area contributed by atoms with Crippen LogP contribution in [-0.2, 0) is 0 Å². The normalized spacial score (nSPS) is 36.7. The van der Waals surface area contributed by atoms with Crippen LogP contribution in [0.25, 0.3) is 0 Å². The first-order valence-electron chi connectivity index (χ1n) is 3.62. The van der Waals surface area contributed by atoms with Crippen molar-refractivity contribution in [3.63, 3.8) is 0 Å². The maximum atomic E-state index is 12.0. The Morgan fingerprint density at radius 1 is 1.56 bits per heavy atom. The molecule has 54 valence electrons. The zero-order chi connectivity index (χ0) is 6.69. The summed E-state index contributed by atoms with van der Waals surface area (Å²) in [5.74, 6) is 0.293. The second kappa shape index (κ2) is 3.16. The van der Waals surface area contributed by atoms with E-state index in [-0.39, 0.29) is 6.67 Å². The number of nitrogens with one attached hydrogen (secondary N) is 1. The Morgan fingerprint density at radius 3 is 2.78 bits per heavy atom. The summed E-state index contributed by atoms with van der Waals surface area (Å²) >= 11 is 0. The van der Waals surface area contributed by atoms with Gasteiger partial charge in [0.05, 0.1) is 6.67 Å². The van der Waals surface area contributed by atoms with Crippen LogP contribution in [0, 0.1) is 5.92 Å². The first-order chi connectivity index (χ1) is 4.33. The minimum absolute atomic E-state index is 0.153. The predicted molar refractivity (Wildman–Crippen MR) is 36.2 cm³/mol. The summed E-state index contributed by atoms with van der Waals surface area (Å²) in [4.78, 5) is 0. The van der Waals surface area contributed by atoms with Crippen molar-refractivity contribution in [2.75, 3.05) is 13.2 Å². The molecule has 2 heteroatoms. The molecule has 0 aromatic carbocycles. The molecule has 0 aromatic rings. The van der Waals surface area contributed by atoms with Gasteiger partial charge in [0.2, 0.25) is 0 Å². The summed E-state index contributed by atoms with van der Waals surface area (Å²) < 4.78 is 12.0. The summed E-state index contributed by atoms with van der Waals surface area (Å²) in [5.41, 5.74) is 0. The molecule has 0 unspecified atom stereocenters. The van der Waals surface area contributed by atoms with Crippen LogP contribution in [0.5, 0.6) is 0 Å². The number of hydrogen-bond donors (Lipinski definition) is 1. The first-order valence-corrected chi connectivity index (χ1v) is 3.62. The highest BCUT2D eigenvalue weighted by molar-refractivity contribution is 4.73. The molecule has 9 heavy (non-hydrogen) atoms. The van der Waals surface area contributed by atoms with Crippen LogP contribution >= 0.6 is 0 Å². The quantitative estimate of drug-likeness (QED) is 0.566. The molecule has 1 N–H and O–H groups in total. The van der Waals surface area contributed by atoms with E-state index in [4.69, 9.17) is 0 Å². The van der Waals surface area contributed by atoms with Gasteiger partial charge in [-0.05, 0) is 25.7 Å². The van der Waals surface area contributed by atoms with Crippen molar-refractivity contribution >= 4 is 0 Å². The van der Waals surface area contributed by atoms with Gasteiger partial charge in [-0.25, -0.2) is 0 Å². The summed E-state index contributed by atoms with van der Waals surface area (Å²) in [6.45, 7) is 2.87. The highest BCUT2D eigenvalue weighted by atomic mass is 19.1. The third kappa shape index (κ3) is 1.94. The van der Waals surface area contributed by atoms with E-state index in [0.29, 0.717) is 12.0 Å². The summed E-state index contributed by atoms with van der Waals surface area (Å²) in [6.07, 6.45) is 2.19. The summed E-state index contributed by atoms with van der Waals surface area (Å²) in [5, 5.41) is 3.24. The van der Waals surface area contributed by atoms with Gasteiger partial charge in [-0.2, -0.15) is 0 Å². The number of alkyl halides is 1. The van der Waals surface area contributed by atoms with E-state index in [0.717, 1.165) is 19.4 Å². The van der Waals surface area contributed by atoms with Crippen molar-refractivity contribution in [2.45, 2.75) is 25.8 Å². The fourth-order valence-corrected chi connectivity index (χ4v) is 1.19. The Balaban J connectivity index is 2.18. The molecule has 0 spiro atoms. The van der Waals surface area contributed by atoms with Gasteiger partial charge < -0.3 is 5.32 Å². The van der Waals surface area contributed by atoms with Gasteiger partial charge in [0.15, 0.2) is 0 Å². The van der Waals surface area contributed by atoms with Gasteiger partial charge in [-0.1, -0.05) is 0 Å². The van der Waals surface area contributed by atoms with Crippen LogP contribution < -0.4 is 5.32 Å². The first kappa shape index (κ1) is 7.00. The zero-order valence-corrected chi connectivity index (χ0v) is 5.86. The minimum atomic E-state index is -0.153. The lowest BCUT2D eigenvalue weighted by Crippen LogP contribution is -2.37. The van der Waals surface area contributed by atoms with E-state index in [1.165, 1.54) is 0 Å². The summed E-state index contributed by atoms with van der Waals surface area (Å²) in [7, 11) is 0. The van der Waals surface area contributed by atoms with Crippen LogP contribution in [-0.4, -0.2) is 19.3 Å². The molecule has 0 amide bonds. The third-order valence-corrected chi connectivity index (χ3v) is 1.98. The largest absolute Gasteiger partial charge is 0.314 e. The SMILES string of the molecule is C[C@@H]1CC[C@@H](CF)CN1. The molecule has 0 bridgehead atoms. The van der Waals surface area contributed by atoms with Crippen LogP contribution in [0.1, 0.15) is 19.8 Å². The van der Waals surface area contributed by atoms with E-state index in [2.05, 4.69) is 12.2 Å². The van der Waals surface area contributed by atoms with Crippen LogP contribution in [0.3, 0.4) is 0 Å². The van der Waals surface area contributed by atoms with E-state index in [1.807, 2.05) is 0 Å². The van der Waals surface area contributed by atoms with Crippen LogP contribution in [0.15, 0.2) is 0 Å². The molecule has 0 radical (unpaired) electrons. The smallest absolute Gasteiger partial charge is 0.0934 e. The standard InChI is InChI=1S/C7H14FN/c1-6-2-3-7(4-8)5-9-6/h6-7,9H,2-5H2,1H3/t6-,7+/m1/s1. The number of piperidine rings is 1. The zero-order valence-electron chi connectivity index (χ0n) is 5.86. The maximum absolute atomic E-state index is 12.0. The van der Waals surface area contributed by atoms with Gasteiger partial charge in [0.25, 0.3) is 0 Å². The molecule has 1 fully saturated rings. The van der Waals surface area contributed by atoms with Crippen molar-refractivity contribution in [2.24, 2.45) is 5.92 Å². The van der Waals surface area contributed by atoms with Crippen molar-refractivity contribution < 1.29 is 4.39 Å². The fraction of sp³-hybridized carbons (Fsp3) is 1.00. The fourth-order valence-electron chi connectivity index (χ4n) is 1.19. The van der Waals surface area contributed by atoms with Gasteiger partial charge in [0, 0.05) is 12.6 Å². The highest BCUT2D eigenvalue weighted by Gasteiger charge is 2.16. The van der Waals surface area contributed by atoms with Gasteiger partial charge in [-0.15, -0.1) is 0 Å². The minimum Gasteiger partial charge on any atom is -0.314 e. The van der Waals surface area contributed by atoms with Gasteiger partial charge >= 0.3 is 0 Å².